The van der Waals surface area contributed by atoms with Crippen LogP contribution in [0.4, 0.5) is 0 Å². The molecule has 27 heavy (non-hydrogen) atoms. The van der Waals surface area contributed by atoms with Crippen molar-refractivity contribution in [2.24, 2.45) is 0 Å². The van der Waals surface area contributed by atoms with Crippen molar-refractivity contribution in [2.45, 2.75) is 11.5 Å². The summed E-state index contributed by atoms with van der Waals surface area (Å²) in [6, 6.07) is 9.35. The summed E-state index contributed by atoms with van der Waals surface area (Å²) in [7, 11) is -0.988. The number of hydrogen-bond donors (Lipinski definition) is 2. The molecule has 0 spiro atoms. The third-order valence-electron chi connectivity index (χ3n) is 3.52. The first kappa shape index (κ1) is 20.5. The van der Waals surface area contributed by atoms with E-state index < -0.39 is 28.5 Å². The van der Waals surface area contributed by atoms with Gasteiger partial charge in [0.1, 0.15) is 5.75 Å². The zero-order valence-corrected chi connectivity index (χ0v) is 15.7. The maximum absolute atomic E-state index is 12.1. The maximum atomic E-state index is 12.1. The summed E-state index contributed by atoms with van der Waals surface area (Å²) in [5.74, 6) is -1.22. The summed E-state index contributed by atoms with van der Waals surface area (Å²) < 4.78 is 35.0. The molecule has 1 heterocycles. The van der Waals surface area contributed by atoms with E-state index in [-0.39, 0.29) is 10.9 Å². The third kappa shape index (κ3) is 5.56. The van der Waals surface area contributed by atoms with E-state index in [1.807, 2.05) is 0 Å². The predicted molar refractivity (Wildman–Crippen MR) is 95.2 cm³/mol. The lowest BCUT2D eigenvalue weighted by Gasteiger charge is -2.08. The lowest BCUT2D eigenvalue weighted by Crippen LogP contribution is -2.25. The highest BCUT2D eigenvalue weighted by Gasteiger charge is 2.23. The first-order chi connectivity index (χ1) is 12.7. The van der Waals surface area contributed by atoms with Gasteiger partial charge in [-0.15, -0.1) is 0 Å². The number of furan rings is 1. The van der Waals surface area contributed by atoms with Crippen molar-refractivity contribution in [3.05, 3.63) is 47.7 Å². The molecule has 2 rings (SSSR count). The molecule has 0 atom stereocenters. The van der Waals surface area contributed by atoms with Gasteiger partial charge in [-0.2, -0.15) is 0 Å². The van der Waals surface area contributed by atoms with E-state index in [2.05, 4.69) is 5.32 Å². The highest BCUT2D eigenvalue weighted by molar-refractivity contribution is 7.88. The highest BCUT2D eigenvalue weighted by atomic mass is 32.2. The second kappa shape index (κ2) is 8.69. The van der Waals surface area contributed by atoms with Crippen LogP contribution >= 0.6 is 0 Å². The number of aliphatic carboxylic acids is 1. The number of rotatable bonds is 9. The Morgan fingerprint density at radius 1 is 1.15 bits per heavy atom. The number of carboxylic acids is 1. The topological polar surface area (TPSA) is 126 Å². The molecule has 0 radical (unpaired) electrons. The molecule has 0 bridgehead atoms. The Labute approximate surface area is 156 Å². The van der Waals surface area contributed by atoms with E-state index in [9.17, 15) is 18.0 Å². The van der Waals surface area contributed by atoms with Gasteiger partial charge in [0.25, 0.3) is 15.9 Å². The van der Waals surface area contributed by atoms with Crippen LogP contribution in [-0.4, -0.2) is 57.0 Å². The summed E-state index contributed by atoms with van der Waals surface area (Å²) in [4.78, 5) is 22.5. The van der Waals surface area contributed by atoms with Crippen LogP contribution in [0.2, 0.25) is 0 Å². The van der Waals surface area contributed by atoms with Crippen molar-refractivity contribution in [1.82, 2.24) is 9.62 Å². The van der Waals surface area contributed by atoms with Crippen molar-refractivity contribution in [3.8, 4) is 5.75 Å². The second-order valence-corrected chi connectivity index (χ2v) is 7.82. The van der Waals surface area contributed by atoms with Gasteiger partial charge in [0.05, 0.1) is 0 Å². The van der Waals surface area contributed by atoms with Gasteiger partial charge in [0, 0.05) is 20.6 Å². The molecule has 10 heteroatoms. The normalized spacial score (nSPS) is 11.4. The number of carbonyl (C=O) groups excluding carboxylic acids is 1. The van der Waals surface area contributed by atoms with E-state index in [0.717, 1.165) is 9.87 Å². The van der Waals surface area contributed by atoms with E-state index >= 15 is 0 Å². The molecule has 146 valence electrons. The molecule has 2 N–H and O–H groups in total. The first-order valence-corrected chi connectivity index (χ1v) is 9.38. The summed E-state index contributed by atoms with van der Waals surface area (Å²) in [5.41, 5.74) is 0.910. The molecule has 1 aromatic heterocycles. The van der Waals surface area contributed by atoms with E-state index in [0.29, 0.717) is 18.7 Å². The fourth-order valence-corrected chi connectivity index (χ4v) is 2.86. The van der Waals surface area contributed by atoms with Gasteiger partial charge >= 0.3 is 5.97 Å². The van der Waals surface area contributed by atoms with Gasteiger partial charge in [-0.1, -0.05) is 12.1 Å². The summed E-state index contributed by atoms with van der Waals surface area (Å²) in [6.07, 6.45) is 0.522. The van der Waals surface area contributed by atoms with Crippen molar-refractivity contribution in [1.29, 1.82) is 0 Å². The van der Waals surface area contributed by atoms with Crippen LogP contribution in [0.15, 0.2) is 45.9 Å². The predicted octanol–water partition coefficient (Wildman–Crippen LogP) is 0.966. The second-order valence-electron chi connectivity index (χ2n) is 5.74. The minimum atomic E-state index is -3.73. The molecule has 0 aliphatic rings. The van der Waals surface area contributed by atoms with Crippen molar-refractivity contribution in [3.63, 3.8) is 0 Å². The van der Waals surface area contributed by atoms with Crippen LogP contribution in [0.5, 0.6) is 5.75 Å². The Balaban J connectivity index is 1.86. The number of amides is 1. The summed E-state index contributed by atoms with van der Waals surface area (Å²) in [6.45, 7) is -0.102. The molecule has 2 aromatic rings. The summed E-state index contributed by atoms with van der Waals surface area (Å²) >= 11 is 0. The van der Waals surface area contributed by atoms with E-state index in [1.54, 1.807) is 24.3 Å². The minimum absolute atomic E-state index is 0.0900. The molecule has 9 nitrogen and oxygen atoms in total. The van der Waals surface area contributed by atoms with E-state index in [4.69, 9.17) is 14.3 Å². The van der Waals surface area contributed by atoms with Crippen LogP contribution in [0, 0.1) is 0 Å². The quantitative estimate of drug-likeness (QED) is 0.646. The molecule has 0 saturated heterocycles. The van der Waals surface area contributed by atoms with E-state index in [1.165, 1.54) is 26.2 Å². The lowest BCUT2D eigenvalue weighted by atomic mass is 10.1. The van der Waals surface area contributed by atoms with Gasteiger partial charge in [0.2, 0.25) is 5.09 Å². The molecular formula is C17H20N2O7S. The van der Waals surface area contributed by atoms with Crippen LogP contribution in [0.3, 0.4) is 0 Å². The van der Waals surface area contributed by atoms with Gasteiger partial charge in [-0.05, 0) is 36.2 Å². The molecule has 0 unspecified atom stereocenters. The molecule has 0 saturated carbocycles. The van der Waals surface area contributed by atoms with Crippen LogP contribution in [-0.2, 0) is 21.2 Å². The van der Waals surface area contributed by atoms with Crippen molar-refractivity contribution >= 4 is 21.9 Å². The first-order valence-electron chi connectivity index (χ1n) is 7.94. The van der Waals surface area contributed by atoms with Crippen molar-refractivity contribution < 1.29 is 32.3 Å². The number of carboxylic acid groups (broad SMARTS) is 1. The molecular weight excluding hydrogens is 376 g/mol. The number of nitrogens with one attached hydrogen (secondary N) is 1. The third-order valence-corrected chi connectivity index (χ3v) is 5.21. The van der Waals surface area contributed by atoms with Crippen molar-refractivity contribution in [2.75, 3.05) is 27.2 Å². The fourth-order valence-electron chi connectivity index (χ4n) is 2.07. The Bertz CT molecular complexity index is 902. The average molecular weight is 396 g/mol. The standard InChI is InChI=1S/C17H20N2O7S/c1-19(2)27(23,24)16-8-7-14(26-16)17(22)18-10-9-12-3-5-13(6-4-12)25-11-15(20)21/h3-8H,9-11H2,1-2H3,(H,18,22)(H,20,21). The smallest absolute Gasteiger partial charge is 0.341 e. The zero-order valence-electron chi connectivity index (χ0n) is 14.8. The zero-order chi connectivity index (χ0) is 20.0. The van der Waals surface area contributed by atoms with Crippen LogP contribution < -0.4 is 10.1 Å². The largest absolute Gasteiger partial charge is 0.482 e. The minimum Gasteiger partial charge on any atom is -0.482 e. The van der Waals surface area contributed by atoms with Crippen LogP contribution in [0.1, 0.15) is 16.1 Å². The summed E-state index contributed by atoms with van der Waals surface area (Å²) in [5, 5.41) is 10.9. The average Bonchev–Trinajstić information content (AvgIpc) is 3.11. The number of sulfonamides is 1. The number of carbonyl (C=O) groups is 2. The monoisotopic (exact) mass is 396 g/mol. The highest BCUT2D eigenvalue weighted by Crippen LogP contribution is 2.17. The van der Waals surface area contributed by atoms with Gasteiger partial charge in [-0.3, -0.25) is 4.79 Å². The molecule has 1 aromatic carbocycles. The number of ether oxygens (including phenoxy) is 1. The lowest BCUT2D eigenvalue weighted by molar-refractivity contribution is -0.139. The SMILES string of the molecule is CN(C)S(=O)(=O)c1ccc(C(=O)NCCc2ccc(OCC(=O)O)cc2)o1. The Morgan fingerprint density at radius 2 is 1.81 bits per heavy atom. The Hall–Kier alpha value is -2.85. The van der Waals surface area contributed by atoms with Gasteiger partial charge in [0.15, 0.2) is 12.4 Å². The van der Waals surface area contributed by atoms with Crippen LogP contribution in [0.25, 0.3) is 0 Å². The molecule has 0 aliphatic heterocycles. The number of nitrogens with zero attached hydrogens (tertiary/aromatic N) is 1. The molecule has 1 amide bonds. The van der Waals surface area contributed by atoms with Gasteiger partial charge < -0.3 is 19.6 Å². The van der Waals surface area contributed by atoms with Gasteiger partial charge in [-0.25, -0.2) is 17.5 Å². The fraction of sp³-hybridized carbons (Fsp3) is 0.294. The number of benzene rings is 1. The molecule has 0 fully saturated rings. The molecule has 0 aliphatic carbocycles. The maximum Gasteiger partial charge on any atom is 0.341 e. The number of hydrogen-bond acceptors (Lipinski definition) is 6. The Morgan fingerprint density at radius 3 is 2.41 bits per heavy atom. The Kier molecular flexibility index (Phi) is 6.59.